The van der Waals surface area contributed by atoms with Crippen molar-refractivity contribution < 1.29 is 0 Å². The second-order valence-corrected chi connectivity index (χ2v) is 5.91. The molecule has 0 aromatic heterocycles. The van der Waals surface area contributed by atoms with Gasteiger partial charge >= 0.3 is 0 Å². The smallest absolute Gasteiger partial charge is 0.109 e. The van der Waals surface area contributed by atoms with E-state index in [1.165, 1.54) is 19.3 Å². The number of nitriles is 1. The minimum Gasteiger partial charge on any atom is -0.308 e. The maximum absolute atomic E-state index is 9.60. The van der Waals surface area contributed by atoms with Crippen LogP contribution in [-0.4, -0.2) is 37.6 Å². The number of hydrogen-bond donors (Lipinski definition) is 1. The van der Waals surface area contributed by atoms with Gasteiger partial charge in [-0.05, 0) is 38.8 Å². The molecule has 2 unspecified atom stereocenters. The number of likely N-dealkylation sites (N-methyl/N-ethyl adjacent to an activating group) is 1. The van der Waals surface area contributed by atoms with Crippen molar-refractivity contribution >= 4 is 0 Å². The summed E-state index contributed by atoms with van der Waals surface area (Å²) in [5, 5.41) is 13.1. The van der Waals surface area contributed by atoms with E-state index in [2.05, 4.69) is 44.2 Å². The molecule has 0 aromatic carbocycles. The molecule has 3 nitrogen and oxygen atoms in total. The molecule has 0 aliphatic heterocycles. The highest BCUT2D eigenvalue weighted by Crippen LogP contribution is 2.37. The molecule has 3 heteroatoms. The molecule has 1 aliphatic carbocycles. The zero-order chi connectivity index (χ0) is 12.9. The Labute approximate surface area is 106 Å². The fourth-order valence-corrected chi connectivity index (χ4v) is 3.00. The predicted octanol–water partition coefficient (Wildman–Crippen LogP) is 2.25. The molecule has 0 bridgehead atoms. The van der Waals surface area contributed by atoms with Crippen LogP contribution in [0.5, 0.6) is 0 Å². The first kappa shape index (κ1) is 14.5. The first-order chi connectivity index (χ1) is 8.02. The lowest BCUT2D eigenvalue weighted by molar-refractivity contribution is 0.147. The lowest BCUT2D eigenvalue weighted by Gasteiger charge is -2.42. The molecule has 98 valence electrons. The topological polar surface area (TPSA) is 39.1 Å². The fourth-order valence-electron chi connectivity index (χ4n) is 3.00. The van der Waals surface area contributed by atoms with Crippen LogP contribution in [0.15, 0.2) is 0 Å². The van der Waals surface area contributed by atoms with E-state index >= 15 is 0 Å². The Balaban J connectivity index is 2.66. The van der Waals surface area contributed by atoms with Crippen LogP contribution in [0.4, 0.5) is 0 Å². The number of hydrogen-bond acceptors (Lipinski definition) is 3. The highest BCUT2D eigenvalue weighted by atomic mass is 15.1. The van der Waals surface area contributed by atoms with E-state index in [9.17, 15) is 5.26 Å². The van der Waals surface area contributed by atoms with E-state index in [0.29, 0.717) is 11.8 Å². The van der Waals surface area contributed by atoms with Crippen molar-refractivity contribution in [1.29, 1.82) is 5.26 Å². The molecule has 0 radical (unpaired) electrons. The van der Waals surface area contributed by atoms with Gasteiger partial charge in [-0.2, -0.15) is 5.26 Å². The Morgan fingerprint density at radius 2 is 2.12 bits per heavy atom. The molecule has 0 amide bonds. The molecule has 0 heterocycles. The van der Waals surface area contributed by atoms with Crippen molar-refractivity contribution in [2.45, 2.75) is 45.1 Å². The van der Waals surface area contributed by atoms with Crippen LogP contribution in [0.25, 0.3) is 0 Å². The molecule has 0 aromatic rings. The Morgan fingerprint density at radius 1 is 1.41 bits per heavy atom. The minimum absolute atomic E-state index is 0.275. The summed E-state index contributed by atoms with van der Waals surface area (Å²) in [6, 6.07) is 2.59. The standard InChI is InChI=1S/C14H27N3/c1-12(2)13-7-5-6-8-14(13,11-15)16-9-10-17(3)4/h12-13,16H,5-10H2,1-4H3. The Kier molecular flexibility index (Phi) is 5.42. The van der Waals surface area contributed by atoms with Crippen LogP contribution in [0.2, 0.25) is 0 Å². The molecule has 1 aliphatic rings. The maximum atomic E-state index is 9.60. The van der Waals surface area contributed by atoms with Crippen LogP contribution in [0, 0.1) is 23.2 Å². The molecule has 1 saturated carbocycles. The van der Waals surface area contributed by atoms with Gasteiger partial charge in [0.05, 0.1) is 6.07 Å². The van der Waals surface area contributed by atoms with Gasteiger partial charge in [0.15, 0.2) is 0 Å². The molecular weight excluding hydrogens is 210 g/mol. The summed E-state index contributed by atoms with van der Waals surface area (Å²) in [6.45, 7) is 6.39. The average Bonchev–Trinajstić information content (AvgIpc) is 2.28. The molecule has 1 N–H and O–H groups in total. The zero-order valence-electron chi connectivity index (χ0n) is 11.8. The Hall–Kier alpha value is -0.590. The summed E-state index contributed by atoms with van der Waals surface area (Å²) in [6.07, 6.45) is 4.67. The van der Waals surface area contributed by atoms with Crippen LogP contribution >= 0.6 is 0 Å². The number of nitrogens with zero attached hydrogens (tertiary/aromatic N) is 2. The average molecular weight is 237 g/mol. The van der Waals surface area contributed by atoms with Gasteiger partial charge in [0.1, 0.15) is 5.54 Å². The van der Waals surface area contributed by atoms with Crippen molar-refractivity contribution in [3.63, 3.8) is 0 Å². The van der Waals surface area contributed by atoms with E-state index in [-0.39, 0.29) is 5.54 Å². The van der Waals surface area contributed by atoms with E-state index < -0.39 is 0 Å². The molecule has 17 heavy (non-hydrogen) atoms. The summed E-state index contributed by atoms with van der Waals surface area (Å²) in [4.78, 5) is 2.16. The van der Waals surface area contributed by atoms with Gasteiger partial charge in [0.2, 0.25) is 0 Å². The number of nitrogens with one attached hydrogen (secondary N) is 1. The lowest BCUT2D eigenvalue weighted by Crippen LogP contribution is -2.55. The van der Waals surface area contributed by atoms with Crippen LogP contribution < -0.4 is 5.32 Å². The first-order valence-electron chi connectivity index (χ1n) is 6.83. The Morgan fingerprint density at radius 3 is 2.65 bits per heavy atom. The van der Waals surface area contributed by atoms with Crippen LogP contribution in [0.1, 0.15) is 39.5 Å². The van der Waals surface area contributed by atoms with E-state index in [1.54, 1.807) is 0 Å². The van der Waals surface area contributed by atoms with Crippen molar-refractivity contribution in [1.82, 2.24) is 10.2 Å². The third kappa shape index (κ3) is 3.69. The molecule has 2 atom stereocenters. The van der Waals surface area contributed by atoms with Crippen molar-refractivity contribution in [2.24, 2.45) is 11.8 Å². The molecule has 0 saturated heterocycles. The van der Waals surface area contributed by atoms with Gasteiger partial charge in [-0.3, -0.25) is 5.32 Å². The summed E-state index contributed by atoms with van der Waals surface area (Å²) in [7, 11) is 4.14. The van der Waals surface area contributed by atoms with E-state index in [4.69, 9.17) is 0 Å². The zero-order valence-corrected chi connectivity index (χ0v) is 11.8. The number of rotatable bonds is 5. The monoisotopic (exact) mass is 237 g/mol. The van der Waals surface area contributed by atoms with Gasteiger partial charge in [-0.25, -0.2) is 0 Å². The maximum Gasteiger partial charge on any atom is 0.109 e. The largest absolute Gasteiger partial charge is 0.308 e. The third-order valence-electron chi connectivity index (χ3n) is 3.97. The Bertz CT molecular complexity index is 267. The molecule has 1 fully saturated rings. The molecular formula is C14H27N3. The van der Waals surface area contributed by atoms with Gasteiger partial charge in [0.25, 0.3) is 0 Å². The lowest BCUT2D eigenvalue weighted by atomic mass is 9.68. The van der Waals surface area contributed by atoms with Crippen molar-refractivity contribution in [3.05, 3.63) is 0 Å². The molecule has 0 spiro atoms. The quantitative estimate of drug-likeness (QED) is 0.797. The highest BCUT2D eigenvalue weighted by Gasteiger charge is 2.41. The second-order valence-electron chi connectivity index (χ2n) is 5.91. The summed E-state index contributed by atoms with van der Waals surface area (Å²) in [5.41, 5.74) is -0.275. The van der Waals surface area contributed by atoms with Gasteiger partial charge < -0.3 is 4.90 Å². The molecule has 1 rings (SSSR count). The highest BCUT2D eigenvalue weighted by molar-refractivity contribution is 5.13. The van der Waals surface area contributed by atoms with E-state index in [1.807, 2.05) is 0 Å². The van der Waals surface area contributed by atoms with Gasteiger partial charge in [-0.1, -0.05) is 26.7 Å². The fraction of sp³-hybridized carbons (Fsp3) is 0.929. The normalized spacial score (nSPS) is 29.6. The van der Waals surface area contributed by atoms with Gasteiger partial charge in [-0.15, -0.1) is 0 Å². The minimum atomic E-state index is -0.275. The van der Waals surface area contributed by atoms with Crippen LogP contribution in [0.3, 0.4) is 0 Å². The summed E-state index contributed by atoms with van der Waals surface area (Å²) in [5.74, 6) is 1.09. The second kappa shape index (κ2) is 6.37. The predicted molar refractivity (Wildman–Crippen MR) is 71.7 cm³/mol. The first-order valence-corrected chi connectivity index (χ1v) is 6.83. The summed E-state index contributed by atoms with van der Waals surface area (Å²) >= 11 is 0. The van der Waals surface area contributed by atoms with Crippen molar-refractivity contribution in [3.8, 4) is 6.07 Å². The SMILES string of the molecule is CC(C)C1CCCCC1(C#N)NCCN(C)C. The van der Waals surface area contributed by atoms with Gasteiger partial charge in [0, 0.05) is 13.1 Å². The van der Waals surface area contributed by atoms with Crippen LogP contribution in [-0.2, 0) is 0 Å². The van der Waals surface area contributed by atoms with Crippen molar-refractivity contribution in [2.75, 3.05) is 27.2 Å². The third-order valence-corrected chi connectivity index (χ3v) is 3.97. The van der Waals surface area contributed by atoms with E-state index in [0.717, 1.165) is 19.5 Å². The summed E-state index contributed by atoms with van der Waals surface area (Å²) < 4.78 is 0.